The molecule has 0 bridgehead atoms. The fourth-order valence-corrected chi connectivity index (χ4v) is 3.63. The quantitative estimate of drug-likeness (QED) is 0.326. The van der Waals surface area contributed by atoms with Gasteiger partial charge in [-0.15, -0.1) is 0 Å². The van der Waals surface area contributed by atoms with E-state index in [1.807, 2.05) is 0 Å². The van der Waals surface area contributed by atoms with Gasteiger partial charge in [-0.05, 0) is 45.3 Å². The van der Waals surface area contributed by atoms with Gasteiger partial charge in [-0.1, -0.05) is 54.6 Å². The zero-order chi connectivity index (χ0) is 23.8. The first-order valence-corrected chi connectivity index (χ1v) is 10.9. The molecule has 0 unspecified atom stereocenters. The molecule has 170 valence electrons. The molecule has 0 fully saturated rings. The van der Waals surface area contributed by atoms with Gasteiger partial charge in [0, 0.05) is 18.2 Å². The zero-order valence-electron chi connectivity index (χ0n) is 17.4. The minimum atomic E-state index is -1.74. The summed E-state index contributed by atoms with van der Waals surface area (Å²) < 4.78 is 0.461. The summed E-state index contributed by atoms with van der Waals surface area (Å²) in [5.41, 5.74) is 1.43. The van der Waals surface area contributed by atoms with Crippen LogP contribution >= 0.6 is 15.9 Å². The average Bonchev–Trinajstić information content (AvgIpc) is 2.83. The molecule has 0 saturated heterocycles. The lowest BCUT2D eigenvalue weighted by Crippen LogP contribution is -2.50. The largest absolute Gasteiger partial charge is 0.480 e. The van der Waals surface area contributed by atoms with E-state index < -0.39 is 36.0 Å². The number of carbonyl (C=O) groups excluding carboxylic acids is 2. The predicted octanol–water partition coefficient (Wildman–Crippen LogP) is 2.49. The number of hydrogen-bond acceptors (Lipinski definition) is 5. The number of benzene rings is 2. The van der Waals surface area contributed by atoms with Crippen LogP contribution in [0.2, 0.25) is 0 Å². The van der Waals surface area contributed by atoms with E-state index in [-0.39, 0.29) is 6.42 Å². The van der Waals surface area contributed by atoms with Gasteiger partial charge in [-0.25, -0.2) is 9.78 Å². The van der Waals surface area contributed by atoms with Crippen molar-refractivity contribution in [1.82, 2.24) is 15.6 Å². The predicted molar refractivity (Wildman–Crippen MR) is 124 cm³/mol. The van der Waals surface area contributed by atoms with Crippen molar-refractivity contribution in [2.24, 2.45) is 0 Å². The van der Waals surface area contributed by atoms with E-state index in [1.54, 1.807) is 79.0 Å². The van der Waals surface area contributed by atoms with Crippen LogP contribution in [-0.4, -0.2) is 45.1 Å². The third kappa shape index (κ3) is 6.47. The van der Waals surface area contributed by atoms with Crippen LogP contribution in [0.5, 0.6) is 0 Å². The van der Waals surface area contributed by atoms with Crippen LogP contribution in [0.25, 0.3) is 0 Å². The number of carboxylic acid groups (broad SMARTS) is 1. The average molecular weight is 512 g/mol. The number of hydrogen-bond donors (Lipinski definition) is 4. The van der Waals surface area contributed by atoms with Crippen LogP contribution < -0.4 is 10.6 Å². The van der Waals surface area contributed by atoms with Crippen molar-refractivity contribution in [3.05, 3.63) is 100 Å². The Kier molecular flexibility index (Phi) is 8.28. The number of carbonyl (C=O) groups is 3. The van der Waals surface area contributed by atoms with Crippen LogP contribution in [0.1, 0.15) is 27.5 Å². The number of aliphatic hydroxyl groups excluding tert-OH is 1. The standard InChI is InChI=1S/C24H22BrN3O5/c25-21-17(12-7-13-26-21)14-18(24(32)33)27-23(31)20(29)19(15-8-3-1-4-9-15)28-22(30)16-10-5-2-6-11-16/h1-13,18-20,29H,14H2,(H,27,31)(H,28,30)(H,32,33)/t18-,19-,20+/m0/s1. The van der Waals surface area contributed by atoms with Crippen molar-refractivity contribution in [1.29, 1.82) is 0 Å². The summed E-state index contributed by atoms with van der Waals surface area (Å²) in [6, 6.07) is 17.8. The number of carboxylic acids is 1. The van der Waals surface area contributed by atoms with Crippen molar-refractivity contribution >= 4 is 33.7 Å². The van der Waals surface area contributed by atoms with Gasteiger partial charge in [-0.2, -0.15) is 0 Å². The van der Waals surface area contributed by atoms with E-state index >= 15 is 0 Å². The van der Waals surface area contributed by atoms with Gasteiger partial charge in [0.2, 0.25) is 0 Å². The van der Waals surface area contributed by atoms with Crippen LogP contribution in [0.3, 0.4) is 0 Å². The molecule has 8 nitrogen and oxygen atoms in total. The topological polar surface area (TPSA) is 129 Å². The Balaban J connectivity index is 1.79. The molecule has 3 atom stereocenters. The molecule has 1 heterocycles. The number of nitrogens with one attached hydrogen (secondary N) is 2. The summed E-state index contributed by atoms with van der Waals surface area (Å²) in [6.45, 7) is 0. The number of aliphatic carboxylic acids is 1. The third-order valence-electron chi connectivity index (χ3n) is 4.94. The molecular weight excluding hydrogens is 490 g/mol. The van der Waals surface area contributed by atoms with Crippen molar-refractivity contribution in [2.75, 3.05) is 0 Å². The smallest absolute Gasteiger partial charge is 0.326 e. The molecule has 3 aromatic rings. The molecule has 2 amide bonds. The third-order valence-corrected chi connectivity index (χ3v) is 5.65. The number of halogens is 1. The highest BCUT2D eigenvalue weighted by molar-refractivity contribution is 9.10. The minimum Gasteiger partial charge on any atom is -0.480 e. The molecule has 2 aromatic carbocycles. The summed E-state index contributed by atoms with van der Waals surface area (Å²) >= 11 is 3.26. The van der Waals surface area contributed by atoms with Gasteiger partial charge < -0.3 is 20.8 Å². The fraction of sp³-hybridized carbons (Fsp3) is 0.167. The molecule has 0 radical (unpaired) electrons. The zero-order valence-corrected chi connectivity index (χ0v) is 19.0. The van der Waals surface area contributed by atoms with Crippen molar-refractivity contribution < 1.29 is 24.6 Å². The summed E-state index contributed by atoms with van der Waals surface area (Å²) in [6.07, 6.45) is -0.237. The van der Waals surface area contributed by atoms with Gasteiger partial charge in [0.15, 0.2) is 6.10 Å². The molecule has 33 heavy (non-hydrogen) atoms. The lowest BCUT2D eigenvalue weighted by molar-refractivity contribution is -0.143. The second-order valence-electron chi connectivity index (χ2n) is 7.23. The maximum Gasteiger partial charge on any atom is 0.326 e. The molecule has 0 saturated carbocycles. The number of pyridine rings is 1. The Morgan fingerprint density at radius 2 is 1.55 bits per heavy atom. The highest BCUT2D eigenvalue weighted by Crippen LogP contribution is 2.19. The molecule has 3 rings (SSSR count). The highest BCUT2D eigenvalue weighted by Gasteiger charge is 2.32. The van der Waals surface area contributed by atoms with E-state index in [1.165, 1.54) is 0 Å². The lowest BCUT2D eigenvalue weighted by atomic mass is 9.99. The lowest BCUT2D eigenvalue weighted by Gasteiger charge is -2.25. The Morgan fingerprint density at radius 1 is 0.909 bits per heavy atom. The van der Waals surface area contributed by atoms with E-state index in [9.17, 15) is 24.6 Å². The van der Waals surface area contributed by atoms with Crippen molar-refractivity contribution in [3.63, 3.8) is 0 Å². The second kappa shape index (κ2) is 11.3. The van der Waals surface area contributed by atoms with Crippen LogP contribution in [0.15, 0.2) is 83.6 Å². The summed E-state index contributed by atoms with van der Waals surface area (Å²) in [7, 11) is 0. The molecular formula is C24H22BrN3O5. The fourth-order valence-electron chi connectivity index (χ4n) is 3.22. The van der Waals surface area contributed by atoms with Crippen LogP contribution in [0.4, 0.5) is 0 Å². The number of rotatable bonds is 9. The SMILES string of the molecule is O=C(N[C@@H](c1ccccc1)[C@@H](O)C(=O)N[C@@H](Cc1cccnc1Br)C(=O)O)c1ccccc1. The first-order chi connectivity index (χ1) is 15.9. The van der Waals surface area contributed by atoms with Crippen molar-refractivity contribution in [2.45, 2.75) is 24.6 Å². The monoisotopic (exact) mass is 511 g/mol. The van der Waals surface area contributed by atoms with Gasteiger partial charge in [0.05, 0.1) is 6.04 Å². The van der Waals surface area contributed by atoms with Crippen LogP contribution in [0, 0.1) is 0 Å². The normalized spacial score (nSPS) is 13.4. The maximum atomic E-state index is 12.9. The van der Waals surface area contributed by atoms with Gasteiger partial charge in [-0.3, -0.25) is 9.59 Å². The summed E-state index contributed by atoms with van der Waals surface area (Å²) in [5, 5.41) is 25.5. The molecule has 9 heteroatoms. The Morgan fingerprint density at radius 3 is 2.15 bits per heavy atom. The van der Waals surface area contributed by atoms with E-state index in [4.69, 9.17) is 0 Å². The van der Waals surface area contributed by atoms with Crippen LogP contribution in [-0.2, 0) is 16.0 Å². The van der Waals surface area contributed by atoms with Crippen molar-refractivity contribution in [3.8, 4) is 0 Å². The van der Waals surface area contributed by atoms with E-state index in [2.05, 4.69) is 31.5 Å². The second-order valence-corrected chi connectivity index (χ2v) is 7.98. The highest BCUT2D eigenvalue weighted by atomic mass is 79.9. The Hall–Kier alpha value is -3.56. The number of aromatic nitrogens is 1. The Labute approximate surface area is 198 Å². The number of aliphatic hydroxyl groups is 1. The number of nitrogens with zero attached hydrogens (tertiary/aromatic N) is 1. The number of amides is 2. The molecule has 4 N–H and O–H groups in total. The Bertz CT molecular complexity index is 1110. The first kappa shape index (κ1) is 24.1. The molecule has 1 aromatic heterocycles. The summed E-state index contributed by atoms with van der Waals surface area (Å²) in [4.78, 5) is 41.4. The van der Waals surface area contributed by atoms with Gasteiger partial charge >= 0.3 is 5.97 Å². The van der Waals surface area contributed by atoms with E-state index in [0.29, 0.717) is 21.3 Å². The minimum absolute atomic E-state index is 0.0470. The molecule has 0 aliphatic heterocycles. The molecule has 0 aliphatic carbocycles. The maximum absolute atomic E-state index is 12.9. The molecule has 0 aliphatic rings. The molecule has 0 spiro atoms. The van der Waals surface area contributed by atoms with Gasteiger partial charge in [0.1, 0.15) is 10.6 Å². The first-order valence-electron chi connectivity index (χ1n) is 10.1. The van der Waals surface area contributed by atoms with E-state index in [0.717, 1.165) is 0 Å². The van der Waals surface area contributed by atoms with Gasteiger partial charge in [0.25, 0.3) is 11.8 Å². The summed E-state index contributed by atoms with van der Waals surface area (Å²) in [5.74, 6) is -2.68.